The van der Waals surface area contributed by atoms with Gasteiger partial charge in [-0.25, -0.2) is 0 Å². The third-order valence-electron chi connectivity index (χ3n) is 3.69. The van der Waals surface area contributed by atoms with Gasteiger partial charge in [0.1, 0.15) is 0 Å². The van der Waals surface area contributed by atoms with E-state index in [4.69, 9.17) is 0 Å². The molecule has 100 valence electrons. The summed E-state index contributed by atoms with van der Waals surface area (Å²) in [5, 5.41) is 3.59. The van der Waals surface area contributed by atoms with Gasteiger partial charge in [0.15, 0.2) is 0 Å². The number of hydrogen-bond donors (Lipinski definition) is 1. The van der Waals surface area contributed by atoms with Crippen LogP contribution in [0.25, 0.3) is 0 Å². The predicted octanol–water partition coefficient (Wildman–Crippen LogP) is 4.85. The lowest BCUT2D eigenvalue weighted by atomic mass is 9.88. The van der Waals surface area contributed by atoms with Gasteiger partial charge < -0.3 is 5.32 Å². The molecular formula is C18H23N. The highest BCUT2D eigenvalue weighted by Gasteiger charge is 2.15. The highest BCUT2D eigenvalue weighted by molar-refractivity contribution is 5.50. The Kier molecular flexibility index (Phi) is 4.62. The summed E-state index contributed by atoms with van der Waals surface area (Å²) in [4.78, 5) is 0. The summed E-state index contributed by atoms with van der Waals surface area (Å²) in [6.45, 7) is 7.70. The lowest BCUT2D eigenvalue weighted by Crippen LogP contribution is -2.18. The van der Waals surface area contributed by atoms with Gasteiger partial charge in [-0.3, -0.25) is 0 Å². The molecule has 0 aliphatic rings. The van der Waals surface area contributed by atoms with Crippen LogP contribution >= 0.6 is 0 Å². The largest absolute Gasteiger partial charge is 0.384 e. The monoisotopic (exact) mass is 253 g/mol. The zero-order chi connectivity index (χ0) is 13.7. The number of anilines is 1. The van der Waals surface area contributed by atoms with Gasteiger partial charge in [0.25, 0.3) is 0 Å². The van der Waals surface area contributed by atoms with Crippen molar-refractivity contribution in [2.75, 3.05) is 11.9 Å². The van der Waals surface area contributed by atoms with E-state index in [0.29, 0.717) is 11.8 Å². The van der Waals surface area contributed by atoms with Crippen LogP contribution in [0.3, 0.4) is 0 Å². The van der Waals surface area contributed by atoms with Gasteiger partial charge in [0.2, 0.25) is 0 Å². The van der Waals surface area contributed by atoms with Crippen molar-refractivity contribution in [3.8, 4) is 0 Å². The Morgan fingerprint density at radius 2 is 1.53 bits per heavy atom. The van der Waals surface area contributed by atoms with Gasteiger partial charge in [0.05, 0.1) is 0 Å². The minimum atomic E-state index is 0.542. The Labute approximate surface area is 116 Å². The van der Waals surface area contributed by atoms with Crippen LogP contribution in [0.4, 0.5) is 5.69 Å². The Hall–Kier alpha value is -1.76. The molecule has 0 aliphatic heterocycles. The molecule has 0 heterocycles. The number of hydrogen-bond acceptors (Lipinski definition) is 1. The van der Waals surface area contributed by atoms with Crippen molar-refractivity contribution in [1.82, 2.24) is 0 Å². The smallest absolute Gasteiger partial charge is 0.0370 e. The molecule has 2 rings (SSSR count). The van der Waals surface area contributed by atoms with Gasteiger partial charge >= 0.3 is 0 Å². The van der Waals surface area contributed by atoms with Crippen LogP contribution in [0.1, 0.15) is 30.9 Å². The minimum Gasteiger partial charge on any atom is -0.384 e. The lowest BCUT2D eigenvalue weighted by Gasteiger charge is -2.23. The second-order valence-corrected chi connectivity index (χ2v) is 5.46. The zero-order valence-electron chi connectivity index (χ0n) is 12.1. The summed E-state index contributed by atoms with van der Waals surface area (Å²) in [7, 11) is 0. The molecule has 19 heavy (non-hydrogen) atoms. The van der Waals surface area contributed by atoms with Crippen LogP contribution in [0.2, 0.25) is 0 Å². The van der Waals surface area contributed by atoms with E-state index in [9.17, 15) is 0 Å². The summed E-state index contributed by atoms with van der Waals surface area (Å²) >= 11 is 0. The molecule has 1 atom stereocenters. The molecule has 0 saturated heterocycles. The van der Waals surface area contributed by atoms with Crippen molar-refractivity contribution >= 4 is 5.69 Å². The van der Waals surface area contributed by atoms with E-state index in [1.54, 1.807) is 0 Å². The highest BCUT2D eigenvalue weighted by Crippen LogP contribution is 2.25. The predicted molar refractivity (Wildman–Crippen MR) is 83.7 cm³/mol. The second-order valence-electron chi connectivity index (χ2n) is 5.46. The van der Waals surface area contributed by atoms with Crippen molar-refractivity contribution in [3.63, 3.8) is 0 Å². The molecule has 2 aromatic rings. The van der Waals surface area contributed by atoms with E-state index in [-0.39, 0.29) is 0 Å². The van der Waals surface area contributed by atoms with Crippen LogP contribution in [-0.2, 0) is 0 Å². The summed E-state index contributed by atoms with van der Waals surface area (Å²) < 4.78 is 0. The first kappa shape index (κ1) is 13.7. The number of nitrogens with one attached hydrogen (secondary N) is 1. The van der Waals surface area contributed by atoms with E-state index in [2.05, 4.69) is 80.7 Å². The average Bonchev–Trinajstić information content (AvgIpc) is 2.42. The van der Waals surface area contributed by atoms with Crippen LogP contribution in [0.5, 0.6) is 0 Å². The van der Waals surface area contributed by atoms with E-state index < -0.39 is 0 Å². The number of rotatable bonds is 5. The molecule has 0 aromatic heterocycles. The summed E-state index contributed by atoms with van der Waals surface area (Å²) in [5.74, 6) is 1.17. The summed E-state index contributed by atoms with van der Waals surface area (Å²) in [6, 6.07) is 19.2. The fourth-order valence-corrected chi connectivity index (χ4v) is 2.43. The van der Waals surface area contributed by atoms with Crippen molar-refractivity contribution in [3.05, 3.63) is 65.7 Å². The lowest BCUT2D eigenvalue weighted by molar-refractivity contribution is 0.517. The highest BCUT2D eigenvalue weighted by atomic mass is 14.9. The van der Waals surface area contributed by atoms with Crippen molar-refractivity contribution in [2.24, 2.45) is 5.92 Å². The fraction of sp³-hybridized carbons (Fsp3) is 0.333. The quantitative estimate of drug-likeness (QED) is 0.803. The van der Waals surface area contributed by atoms with Gasteiger partial charge in [-0.15, -0.1) is 0 Å². The normalized spacial score (nSPS) is 12.4. The Morgan fingerprint density at radius 3 is 2.16 bits per heavy atom. The molecule has 0 fully saturated rings. The van der Waals surface area contributed by atoms with Crippen molar-refractivity contribution in [1.29, 1.82) is 0 Å². The molecule has 1 N–H and O–H groups in total. The third kappa shape index (κ3) is 3.60. The van der Waals surface area contributed by atoms with Gasteiger partial charge in [-0.05, 0) is 30.0 Å². The topological polar surface area (TPSA) is 12.0 Å². The third-order valence-corrected chi connectivity index (χ3v) is 3.69. The molecule has 1 nitrogen and oxygen atoms in total. The Bertz CT molecular complexity index is 502. The first-order valence-corrected chi connectivity index (χ1v) is 7.03. The zero-order valence-corrected chi connectivity index (χ0v) is 12.1. The molecular weight excluding hydrogens is 230 g/mol. The number of aryl methyl sites for hydroxylation is 1. The molecule has 2 aromatic carbocycles. The Morgan fingerprint density at radius 1 is 0.895 bits per heavy atom. The SMILES string of the molecule is Cc1ccccc1NCC(c1ccccc1)C(C)C. The van der Waals surface area contributed by atoms with Gasteiger partial charge in [-0.1, -0.05) is 62.4 Å². The molecule has 0 saturated carbocycles. The first-order chi connectivity index (χ1) is 9.18. The van der Waals surface area contributed by atoms with Crippen molar-refractivity contribution < 1.29 is 0 Å². The van der Waals surface area contributed by atoms with Crippen LogP contribution in [0, 0.1) is 12.8 Å². The molecule has 0 radical (unpaired) electrons. The van der Waals surface area contributed by atoms with Crippen LogP contribution in [0.15, 0.2) is 54.6 Å². The molecule has 1 unspecified atom stereocenters. The van der Waals surface area contributed by atoms with E-state index >= 15 is 0 Å². The standard InChI is InChI=1S/C18H23N/c1-14(2)17(16-10-5-4-6-11-16)13-19-18-12-8-7-9-15(18)3/h4-12,14,17,19H,13H2,1-3H3. The molecule has 0 amide bonds. The number of benzene rings is 2. The van der Waals surface area contributed by atoms with Gasteiger partial charge in [0, 0.05) is 18.2 Å². The maximum atomic E-state index is 3.59. The fourth-order valence-electron chi connectivity index (χ4n) is 2.43. The van der Waals surface area contributed by atoms with Crippen LogP contribution < -0.4 is 5.32 Å². The minimum absolute atomic E-state index is 0.542. The molecule has 0 spiro atoms. The summed E-state index contributed by atoms with van der Waals surface area (Å²) in [6.07, 6.45) is 0. The van der Waals surface area contributed by atoms with E-state index in [0.717, 1.165) is 6.54 Å². The number of para-hydroxylation sites is 1. The van der Waals surface area contributed by atoms with Crippen molar-refractivity contribution in [2.45, 2.75) is 26.7 Å². The Balaban J connectivity index is 2.09. The second kappa shape index (κ2) is 6.42. The van der Waals surface area contributed by atoms with Crippen LogP contribution in [-0.4, -0.2) is 6.54 Å². The van der Waals surface area contributed by atoms with E-state index in [1.807, 2.05) is 0 Å². The maximum absolute atomic E-state index is 3.59. The molecule has 0 bridgehead atoms. The average molecular weight is 253 g/mol. The summed E-state index contributed by atoms with van der Waals surface area (Å²) in [5.41, 5.74) is 3.96. The maximum Gasteiger partial charge on any atom is 0.0370 e. The molecule has 0 aliphatic carbocycles. The van der Waals surface area contributed by atoms with Gasteiger partial charge in [-0.2, -0.15) is 0 Å². The van der Waals surface area contributed by atoms with E-state index in [1.165, 1.54) is 16.8 Å². The first-order valence-electron chi connectivity index (χ1n) is 7.03. The molecule has 1 heteroatoms.